The first-order valence-corrected chi connectivity index (χ1v) is 7.29. The summed E-state index contributed by atoms with van der Waals surface area (Å²) in [5.41, 5.74) is 0. The number of sulfonamides is 1. The molecule has 0 aromatic carbocycles. The van der Waals surface area contributed by atoms with E-state index < -0.39 is 10.0 Å². The predicted octanol–water partition coefficient (Wildman–Crippen LogP) is 1.65. The lowest BCUT2D eigenvalue weighted by Gasteiger charge is -2.12. The predicted molar refractivity (Wildman–Crippen MR) is 62.1 cm³/mol. The second-order valence-electron chi connectivity index (χ2n) is 3.90. The molecule has 1 unspecified atom stereocenters. The molecular weight excluding hydrogens is 214 g/mol. The van der Waals surface area contributed by atoms with Crippen LogP contribution in [0.1, 0.15) is 46.0 Å². The van der Waals surface area contributed by atoms with E-state index in [0.717, 1.165) is 12.8 Å². The van der Waals surface area contributed by atoms with Crippen LogP contribution in [0, 0.1) is 0 Å². The van der Waals surface area contributed by atoms with Gasteiger partial charge in [-0.25, -0.2) is 13.6 Å². The summed E-state index contributed by atoms with van der Waals surface area (Å²) in [6.45, 7) is 4.34. The van der Waals surface area contributed by atoms with Gasteiger partial charge in [-0.1, -0.05) is 32.6 Å². The highest BCUT2D eigenvalue weighted by atomic mass is 32.2. The highest BCUT2D eigenvalue weighted by Gasteiger charge is 2.05. The molecule has 0 saturated heterocycles. The Bertz CT molecular complexity index is 239. The molecule has 0 rings (SSSR count). The monoisotopic (exact) mass is 237 g/mol. The summed E-state index contributed by atoms with van der Waals surface area (Å²) >= 11 is 0. The summed E-state index contributed by atoms with van der Waals surface area (Å²) in [7, 11) is -3.37. The van der Waals surface area contributed by atoms with Crippen molar-refractivity contribution in [3.8, 4) is 0 Å². The summed E-state index contributed by atoms with van der Waals surface area (Å²) in [5, 5.41) is 4.85. The van der Waals surface area contributed by atoms with E-state index in [2.05, 4.69) is 6.92 Å². The Balaban J connectivity index is 3.37. The van der Waals surface area contributed by atoms with Crippen molar-refractivity contribution in [3.05, 3.63) is 0 Å². The third-order valence-electron chi connectivity index (χ3n) is 2.23. The van der Waals surface area contributed by atoms with Crippen LogP contribution < -0.4 is 5.14 Å². The zero-order chi connectivity index (χ0) is 11.7. The van der Waals surface area contributed by atoms with E-state index in [1.807, 2.05) is 6.92 Å². The first kappa shape index (κ1) is 14.9. The molecule has 0 amide bonds. The van der Waals surface area contributed by atoms with Gasteiger partial charge in [-0.15, -0.1) is 0 Å². The molecule has 15 heavy (non-hydrogen) atoms. The zero-order valence-electron chi connectivity index (χ0n) is 9.74. The van der Waals surface area contributed by atoms with Gasteiger partial charge in [0.25, 0.3) is 0 Å². The van der Waals surface area contributed by atoms with Crippen molar-refractivity contribution in [3.63, 3.8) is 0 Å². The molecule has 0 aromatic rings. The van der Waals surface area contributed by atoms with E-state index in [1.165, 1.54) is 19.3 Å². The molecule has 0 fully saturated rings. The minimum Gasteiger partial charge on any atom is -0.377 e. The van der Waals surface area contributed by atoms with Crippen molar-refractivity contribution in [2.75, 3.05) is 12.4 Å². The average Bonchev–Trinajstić information content (AvgIpc) is 2.10. The quantitative estimate of drug-likeness (QED) is 0.620. The van der Waals surface area contributed by atoms with Gasteiger partial charge >= 0.3 is 0 Å². The number of hydrogen-bond donors (Lipinski definition) is 1. The third kappa shape index (κ3) is 11.8. The molecular formula is C10H23NO3S. The maximum absolute atomic E-state index is 10.6. The third-order valence-corrected chi connectivity index (χ3v) is 2.97. The summed E-state index contributed by atoms with van der Waals surface area (Å²) < 4.78 is 26.6. The summed E-state index contributed by atoms with van der Waals surface area (Å²) in [6.07, 6.45) is 5.96. The second kappa shape index (κ2) is 8.07. The Labute approximate surface area is 93.2 Å². The molecule has 5 heteroatoms. The Morgan fingerprint density at radius 3 is 2.47 bits per heavy atom. The van der Waals surface area contributed by atoms with Crippen LogP contribution in [-0.2, 0) is 14.8 Å². The van der Waals surface area contributed by atoms with E-state index in [9.17, 15) is 8.42 Å². The van der Waals surface area contributed by atoms with E-state index in [-0.39, 0.29) is 18.5 Å². The molecule has 92 valence electrons. The van der Waals surface area contributed by atoms with Crippen molar-refractivity contribution >= 4 is 10.0 Å². The molecule has 0 aliphatic heterocycles. The van der Waals surface area contributed by atoms with Gasteiger partial charge in [0, 0.05) is 0 Å². The molecule has 0 heterocycles. The van der Waals surface area contributed by atoms with Gasteiger partial charge in [0.2, 0.25) is 10.0 Å². The molecule has 2 N–H and O–H groups in total. The van der Waals surface area contributed by atoms with Crippen LogP contribution in [0.5, 0.6) is 0 Å². The lowest BCUT2D eigenvalue weighted by atomic mass is 10.1. The van der Waals surface area contributed by atoms with Crippen molar-refractivity contribution in [1.29, 1.82) is 0 Å². The molecule has 0 radical (unpaired) electrons. The van der Waals surface area contributed by atoms with Crippen LogP contribution in [0.25, 0.3) is 0 Å². The fourth-order valence-electron chi connectivity index (χ4n) is 1.31. The maximum atomic E-state index is 10.6. The van der Waals surface area contributed by atoms with Crippen LogP contribution >= 0.6 is 0 Å². The van der Waals surface area contributed by atoms with Gasteiger partial charge in [0.15, 0.2) is 0 Å². The Hall–Kier alpha value is -0.130. The first-order valence-electron chi connectivity index (χ1n) is 5.57. The minimum absolute atomic E-state index is 0.0910. The smallest absolute Gasteiger partial charge is 0.211 e. The van der Waals surface area contributed by atoms with E-state index in [0.29, 0.717) is 0 Å². The summed E-state index contributed by atoms with van der Waals surface area (Å²) in [4.78, 5) is 0. The fourth-order valence-corrected chi connectivity index (χ4v) is 1.64. The van der Waals surface area contributed by atoms with Crippen LogP contribution in [0.15, 0.2) is 0 Å². The number of ether oxygens (including phenoxy) is 1. The molecule has 0 spiro atoms. The van der Waals surface area contributed by atoms with Gasteiger partial charge in [-0.2, -0.15) is 0 Å². The fraction of sp³-hybridized carbons (Fsp3) is 1.00. The van der Waals surface area contributed by atoms with E-state index in [4.69, 9.17) is 9.88 Å². The molecule has 1 atom stereocenters. The molecule has 0 bridgehead atoms. The van der Waals surface area contributed by atoms with Crippen LogP contribution in [0.3, 0.4) is 0 Å². The van der Waals surface area contributed by atoms with E-state index >= 15 is 0 Å². The number of primary sulfonamides is 1. The minimum atomic E-state index is -3.37. The second-order valence-corrected chi connectivity index (χ2v) is 5.63. The van der Waals surface area contributed by atoms with Crippen LogP contribution in [0.4, 0.5) is 0 Å². The Morgan fingerprint density at radius 2 is 1.93 bits per heavy atom. The molecule has 0 aliphatic rings. The van der Waals surface area contributed by atoms with Crippen molar-refractivity contribution in [2.45, 2.75) is 52.1 Å². The molecule has 0 aromatic heterocycles. The number of nitrogens with two attached hydrogens (primary N) is 1. The van der Waals surface area contributed by atoms with Gasteiger partial charge in [-0.3, -0.25) is 0 Å². The normalized spacial score (nSPS) is 14.1. The van der Waals surface area contributed by atoms with E-state index in [1.54, 1.807) is 0 Å². The number of hydrogen-bond acceptors (Lipinski definition) is 3. The summed E-state index contributed by atoms with van der Waals surface area (Å²) in [5.74, 6) is -0.0910. The molecule has 4 nitrogen and oxygen atoms in total. The SMILES string of the molecule is CCCCCCC(C)OCCS(N)(=O)=O. The van der Waals surface area contributed by atoms with Crippen molar-refractivity contribution in [2.24, 2.45) is 5.14 Å². The number of unbranched alkanes of at least 4 members (excludes halogenated alkanes) is 3. The van der Waals surface area contributed by atoms with Crippen molar-refractivity contribution < 1.29 is 13.2 Å². The Kier molecular flexibility index (Phi) is 8.00. The zero-order valence-corrected chi connectivity index (χ0v) is 10.6. The molecule has 0 aliphatic carbocycles. The average molecular weight is 237 g/mol. The number of rotatable bonds is 9. The molecule has 0 saturated carbocycles. The van der Waals surface area contributed by atoms with Gasteiger partial charge in [0.1, 0.15) is 0 Å². The van der Waals surface area contributed by atoms with Crippen molar-refractivity contribution in [1.82, 2.24) is 0 Å². The van der Waals surface area contributed by atoms with Crippen LogP contribution in [-0.4, -0.2) is 26.9 Å². The Morgan fingerprint density at radius 1 is 1.27 bits per heavy atom. The first-order chi connectivity index (χ1) is 6.95. The van der Waals surface area contributed by atoms with Gasteiger partial charge < -0.3 is 4.74 Å². The van der Waals surface area contributed by atoms with Crippen LogP contribution in [0.2, 0.25) is 0 Å². The lowest BCUT2D eigenvalue weighted by molar-refractivity contribution is 0.0696. The van der Waals surface area contributed by atoms with Gasteiger partial charge in [-0.05, 0) is 13.3 Å². The largest absolute Gasteiger partial charge is 0.377 e. The lowest BCUT2D eigenvalue weighted by Crippen LogP contribution is -2.22. The highest BCUT2D eigenvalue weighted by molar-refractivity contribution is 7.89. The van der Waals surface area contributed by atoms with Gasteiger partial charge in [0.05, 0.1) is 18.5 Å². The summed E-state index contributed by atoms with van der Waals surface area (Å²) in [6, 6.07) is 0. The maximum Gasteiger partial charge on any atom is 0.211 e. The topological polar surface area (TPSA) is 69.4 Å². The standard InChI is InChI=1S/C10H23NO3S/c1-3-4-5-6-7-10(2)14-8-9-15(11,12)13/h10H,3-9H2,1-2H3,(H2,11,12,13). The highest BCUT2D eigenvalue weighted by Crippen LogP contribution is 2.07.